The highest BCUT2D eigenvalue weighted by Gasteiger charge is 2.35. The lowest BCUT2D eigenvalue weighted by Gasteiger charge is -2.35. The maximum Gasteiger partial charge on any atom is 0.265 e. The van der Waals surface area contributed by atoms with Crippen LogP contribution in [0.15, 0.2) is 64.2 Å². The predicted octanol–water partition coefficient (Wildman–Crippen LogP) is 1.90. The van der Waals surface area contributed by atoms with E-state index in [9.17, 15) is 14.4 Å². The van der Waals surface area contributed by atoms with E-state index in [0.717, 1.165) is 44.8 Å². The normalized spacial score (nSPS) is 15.8. The standard InChI is InChI=1S/C23H21N5O3/c1-14-5-4-8-18(24-14)23-22-16(15-6-2-3-7-17(15)25-22)11-12-27(23)21(31)13-28-20(30)10-9-19(29)26-28/h2-10,23,25H,11-13H2,1H3,(H,26,29)/t23-/m1/s1. The zero-order valence-corrected chi connectivity index (χ0v) is 17.0. The van der Waals surface area contributed by atoms with Gasteiger partial charge in [0.05, 0.1) is 5.69 Å². The summed E-state index contributed by atoms with van der Waals surface area (Å²) in [4.78, 5) is 47.0. The number of aromatic amines is 2. The van der Waals surface area contributed by atoms with E-state index < -0.39 is 17.2 Å². The first-order valence-corrected chi connectivity index (χ1v) is 10.1. The van der Waals surface area contributed by atoms with E-state index in [2.05, 4.69) is 16.1 Å². The van der Waals surface area contributed by atoms with Gasteiger partial charge in [-0.15, -0.1) is 0 Å². The number of para-hydroxylation sites is 1. The molecular formula is C23H21N5O3. The lowest BCUT2D eigenvalue weighted by Crippen LogP contribution is -2.44. The fourth-order valence-electron chi connectivity index (χ4n) is 4.34. The van der Waals surface area contributed by atoms with E-state index in [4.69, 9.17) is 4.98 Å². The van der Waals surface area contributed by atoms with E-state index in [0.29, 0.717) is 13.0 Å². The number of benzene rings is 1. The number of hydrogen-bond acceptors (Lipinski definition) is 4. The Labute approximate surface area is 177 Å². The van der Waals surface area contributed by atoms with Crippen molar-refractivity contribution in [1.82, 2.24) is 24.6 Å². The SMILES string of the molecule is Cc1cccc([C@@H]2c3[nH]c4ccccc4c3CCN2C(=O)Cn2[nH]c(=O)ccc2=O)n1. The third-order valence-electron chi connectivity index (χ3n) is 5.73. The maximum absolute atomic E-state index is 13.3. The number of carbonyl (C=O) groups excluding carboxylic acids is 1. The Balaban J connectivity index is 1.61. The molecule has 0 unspecified atom stereocenters. The highest BCUT2D eigenvalue weighted by molar-refractivity contribution is 5.86. The molecule has 3 aromatic heterocycles. The number of pyridine rings is 1. The average molecular weight is 415 g/mol. The number of rotatable bonds is 3. The molecule has 1 aromatic carbocycles. The Morgan fingerprint density at radius 1 is 1.10 bits per heavy atom. The van der Waals surface area contributed by atoms with Crippen LogP contribution < -0.4 is 11.1 Å². The zero-order valence-electron chi connectivity index (χ0n) is 17.0. The summed E-state index contributed by atoms with van der Waals surface area (Å²) >= 11 is 0. The molecule has 0 aliphatic carbocycles. The second-order valence-electron chi connectivity index (χ2n) is 7.74. The van der Waals surface area contributed by atoms with E-state index >= 15 is 0 Å². The first-order chi connectivity index (χ1) is 15.0. The van der Waals surface area contributed by atoms with Crippen molar-refractivity contribution in [3.8, 4) is 0 Å². The van der Waals surface area contributed by atoms with E-state index in [1.807, 2.05) is 43.3 Å². The Kier molecular flexibility index (Phi) is 4.54. The third kappa shape index (κ3) is 3.35. The fourth-order valence-corrected chi connectivity index (χ4v) is 4.34. The smallest absolute Gasteiger partial charge is 0.265 e. The molecule has 4 aromatic rings. The Morgan fingerprint density at radius 3 is 2.77 bits per heavy atom. The Bertz CT molecular complexity index is 1410. The van der Waals surface area contributed by atoms with E-state index in [-0.39, 0.29) is 12.5 Å². The Morgan fingerprint density at radius 2 is 1.94 bits per heavy atom. The predicted molar refractivity (Wildman–Crippen MR) is 116 cm³/mol. The van der Waals surface area contributed by atoms with Crippen LogP contribution in [0.2, 0.25) is 0 Å². The van der Waals surface area contributed by atoms with Crippen LogP contribution in [0.25, 0.3) is 10.9 Å². The Hall–Kier alpha value is -3.94. The summed E-state index contributed by atoms with van der Waals surface area (Å²) in [7, 11) is 0. The van der Waals surface area contributed by atoms with Gasteiger partial charge in [-0.25, -0.2) is 4.68 Å². The van der Waals surface area contributed by atoms with Crippen molar-refractivity contribution in [3.63, 3.8) is 0 Å². The molecule has 0 spiro atoms. The van der Waals surface area contributed by atoms with Crippen molar-refractivity contribution in [2.24, 2.45) is 0 Å². The number of aromatic nitrogens is 4. The summed E-state index contributed by atoms with van der Waals surface area (Å²) in [5.74, 6) is -0.262. The number of hydrogen-bond donors (Lipinski definition) is 2. The monoisotopic (exact) mass is 415 g/mol. The van der Waals surface area contributed by atoms with Gasteiger partial charge in [-0.05, 0) is 37.1 Å². The second-order valence-corrected chi connectivity index (χ2v) is 7.74. The fraction of sp³-hybridized carbons (Fsp3) is 0.217. The van der Waals surface area contributed by atoms with Crippen LogP contribution in [0.3, 0.4) is 0 Å². The van der Waals surface area contributed by atoms with Crippen molar-refractivity contribution in [2.75, 3.05) is 6.54 Å². The van der Waals surface area contributed by atoms with E-state index in [1.54, 1.807) is 4.90 Å². The molecule has 31 heavy (non-hydrogen) atoms. The second kappa shape index (κ2) is 7.39. The average Bonchev–Trinajstić information content (AvgIpc) is 3.14. The summed E-state index contributed by atoms with van der Waals surface area (Å²) in [6.45, 7) is 2.16. The lowest BCUT2D eigenvalue weighted by atomic mass is 9.94. The summed E-state index contributed by atoms with van der Waals surface area (Å²) in [6.07, 6.45) is 0.688. The van der Waals surface area contributed by atoms with Crippen LogP contribution in [0.4, 0.5) is 0 Å². The molecule has 0 fully saturated rings. The molecule has 4 heterocycles. The van der Waals surface area contributed by atoms with Gasteiger partial charge in [-0.1, -0.05) is 24.3 Å². The molecule has 8 nitrogen and oxygen atoms in total. The number of carbonyl (C=O) groups is 1. The first kappa shape index (κ1) is 19.0. The molecule has 8 heteroatoms. The number of nitrogens with zero attached hydrogens (tertiary/aromatic N) is 3. The first-order valence-electron chi connectivity index (χ1n) is 10.1. The molecule has 1 atom stereocenters. The summed E-state index contributed by atoms with van der Waals surface area (Å²) in [5, 5.41) is 3.57. The number of H-pyrrole nitrogens is 2. The van der Waals surface area contributed by atoms with Crippen molar-refractivity contribution >= 4 is 16.8 Å². The number of fused-ring (bicyclic) bond motifs is 3. The topological polar surface area (TPSA) is 104 Å². The number of amides is 1. The van der Waals surface area contributed by atoms with Crippen molar-refractivity contribution in [2.45, 2.75) is 25.9 Å². The minimum atomic E-state index is -0.430. The molecule has 1 aliphatic rings. The molecule has 1 aliphatic heterocycles. The van der Waals surface area contributed by atoms with Gasteiger partial charge in [0, 0.05) is 41.0 Å². The van der Waals surface area contributed by atoms with Gasteiger partial charge in [-0.2, -0.15) is 0 Å². The summed E-state index contributed by atoms with van der Waals surface area (Å²) < 4.78 is 1.05. The molecule has 1 amide bonds. The molecule has 0 bridgehead atoms. The number of aryl methyl sites for hydroxylation is 1. The largest absolute Gasteiger partial charge is 0.356 e. The third-order valence-corrected chi connectivity index (χ3v) is 5.73. The highest BCUT2D eigenvalue weighted by atomic mass is 16.2. The van der Waals surface area contributed by atoms with Crippen LogP contribution in [0.1, 0.15) is 28.7 Å². The minimum Gasteiger partial charge on any atom is -0.356 e. The molecule has 0 radical (unpaired) electrons. The molecule has 5 rings (SSSR count). The van der Waals surface area contributed by atoms with Gasteiger partial charge in [0.15, 0.2) is 0 Å². The van der Waals surface area contributed by atoms with Crippen LogP contribution in [0.5, 0.6) is 0 Å². The molecule has 2 N–H and O–H groups in total. The van der Waals surface area contributed by atoms with Crippen LogP contribution in [-0.4, -0.2) is 37.1 Å². The van der Waals surface area contributed by atoms with Crippen LogP contribution in [-0.2, 0) is 17.8 Å². The van der Waals surface area contributed by atoms with Gasteiger partial charge in [-0.3, -0.25) is 24.5 Å². The van der Waals surface area contributed by atoms with Gasteiger partial charge < -0.3 is 9.88 Å². The van der Waals surface area contributed by atoms with Gasteiger partial charge >= 0.3 is 0 Å². The summed E-state index contributed by atoms with van der Waals surface area (Å²) in [5.41, 5.74) is 3.89. The molecule has 0 saturated heterocycles. The minimum absolute atomic E-state index is 0.243. The van der Waals surface area contributed by atoms with Crippen molar-refractivity contribution in [1.29, 1.82) is 0 Å². The van der Waals surface area contributed by atoms with Gasteiger partial charge in [0.2, 0.25) is 5.91 Å². The number of nitrogens with one attached hydrogen (secondary N) is 2. The lowest BCUT2D eigenvalue weighted by molar-refractivity contribution is -0.134. The van der Waals surface area contributed by atoms with Crippen molar-refractivity contribution in [3.05, 3.63) is 98.0 Å². The molecule has 156 valence electrons. The van der Waals surface area contributed by atoms with Gasteiger partial charge in [0.25, 0.3) is 11.1 Å². The van der Waals surface area contributed by atoms with Crippen LogP contribution in [0, 0.1) is 6.92 Å². The van der Waals surface area contributed by atoms with E-state index in [1.165, 1.54) is 5.56 Å². The molecule has 0 saturated carbocycles. The zero-order chi connectivity index (χ0) is 21.5. The van der Waals surface area contributed by atoms with Crippen LogP contribution >= 0.6 is 0 Å². The summed E-state index contributed by atoms with van der Waals surface area (Å²) in [6, 6.07) is 15.8. The highest BCUT2D eigenvalue weighted by Crippen LogP contribution is 2.37. The van der Waals surface area contributed by atoms with Gasteiger partial charge in [0.1, 0.15) is 12.6 Å². The quantitative estimate of drug-likeness (QED) is 0.533. The molecular weight excluding hydrogens is 394 g/mol. The maximum atomic E-state index is 13.3. The van der Waals surface area contributed by atoms with Crippen molar-refractivity contribution < 1.29 is 4.79 Å².